The minimum atomic E-state index is -0.158. The Bertz CT molecular complexity index is 321. The van der Waals surface area contributed by atoms with Gasteiger partial charge in [0.25, 0.3) is 0 Å². The van der Waals surface area contributed by atoms with Crippen molar-refractivity contribution in [3.63, 3.8) is 0 Å². The molecule has 1 amide bonds. The predicted molar refractivity (Wildman–Crippen MR) is 78.0 cm³/mol. The van der Waals surface area contributed by atoms with Crippen LogP contribution in [-0.4, -0.2) is 62.0 Å². The van der Waals surface area contributed by atoms with E-state index in [-0.39, 0.29) is 5.41 Å². The summed E-state index contributed by atoms with van der Waals surface area (Å²) in [6, 6.07) is 0.415. The van der Waals surface area contributed by atoms with E-state index in [9.17, 15) is 4.79 Å². The van der Waals surface area contributed by atoms with Gasteiger partial charge in [0.1, 0.15) is 0 Å². The van der Waals surface area contributed by atoms with Crippen LogP contribution >= 0.6 is 0 Å². The SMILES string of the molecule is CC(C)C1(C(=O)N2CCCC2CN(C)C)CCNC1. The summed E-state index contributed by atoms with van der Waals surface area (Å²) in [7, 11) is 4.19. The molecule has 2 atom stereocenters. The Morgan fingerprint density at radius 3 is 2.74 bits per heavy atom. The molecule has 0 aromatic rings. The number of rotatable bonds is 4. The number of carbonyl (C=O) groups excluding carboxylic acids is 1. The molecule has 0 radical (unpaired) electrons. The van der Waals surface area contributed by atoms with Gasteiger partial charge in [-0.3, -0.25) is 4.79 Å². The summed E-state index contributed by atoms with van der Waals surface area (Å²) in [5, 5.41) is 3.40. The summed E-state index contributed by atoms with van der Waals surface area (Å²) in [5.41, 5.74) is -0.158. The topological polar surface area (TPSA) is 35.6 Å². The van der Waals surface area contributed by atoms with Crippen molar-refractivity contribution in [2.24, 2.45) is 11.3 Å². The van der Waals surface area contributed by atoms with Gasteiger partial charge in [-0.2, -0.15) is 0 Å². The Morgan fingerprint density at radius 1 is 1.47 bits per heavy atom. The third kappa shape index (κ3) is 2.79. The molecule has 2 heterocycles. The molecule has 0 aromatic carbocycles. The molecule has 1 N–H and O–H groups in total. The lowest BCUT2D eigenvalue weighted by Gasteiger charge is -2.38. The maximum atomic E-state index is 13.1. The first-order chi connectivity index (χ1) is 8.97. The number of hydrogen-bond donors (Lipinski definition) is 1. The van der Waals surface area contributed by atoms with Crippen LogP contribution in [0.4, 0.5) is 0 Å². The van der Waals surface area contributed by atoms with Crippen LogP contribution in [0.3, 0.4) is 0 Å². The zero-order valence-electron chi connectivity index (χ0n) is 12.9. The standard InChI is InChI=1S/C15H29N3O/c1-12(2)15(7-8-16-11-15)14(19)18-9-5-6-13(18)10-17(3)4/h12-13,16H,5-11H2,1-4H3. The summed E-state index contributed by atoms with van der Waals surface area (Å²) in [4.78, 5) is 17.4. The number of likely N-dealkylation sites (tertiary alicyclic amines) is 1. The molecule has 2 aliphatic rings. The largest absolute Gasteiger partial charge is 0.338 e. The van der Waals surface area contributed by atoms with Gasteiger partial charge in [0.15, 0.2) is 0 Å². The monoisotopic (exact) mass is 267 g/mol. The van der Waals surface area contributed by atoms with E-state index in [0.717, 1.165) is 45.4 Å². The number of hydrogen-bond acceptors (Lipinski definition) is 3. The fraction of sp³-hybridized carbons (Fsp3) is 0.933. The highest BCUT2D eigenvalue weighted by Crippen LogP contribution is 2.38. The Morgan fingerprint density at radius 2 is 2.21 bits per heavy atom. The van der Waals surface area contributed by atoms with E-state index < -0.39 is 0 Å². The lowest BCUT2D eigenvalue weighted by atomic mass is 9.75. The van der Waals surface area contributed by atoms with Crippen LogP contribution < -0.4 is 5.32 Å². The summed E-state index contributed by atoms with van der Waals surface area (Å²) in [6.45, 7) is 8.17. The molecule has 2 rings (SSSR count). The van der Waals surface area contributed by atoms with Crippen molar-refractivity contribution in [3.8, 4) is 0 Å². The summed E-state index contributed by atoms with van der Waals surface area (Å²) in [5.74, 6) is 0.812. The highest BCUT2D eigenvalue weighted by Gasteiger charge is 2.48. The van der Waals surface area contributed by atoms with Crippen LogP contribution in [0.1, 0.15) is 33.1 Å². The van der Waals surface area contributed by atoms with E-state index in [0.29, 0.717) is 17.9 Å². The number of carbonyl (C=O) groups is 1. The van der Waals surface area contributed by atoms with Crippen LogP contribution in [-0.2, 0) is 4.79 Å². The summed E-state index contributed by atoms with van der Waals surface area (Å²) in [6.07, 6.45) is 3.31. The number of nitrogens with zero attached hydrogens (tertiary/aromatic N) is 2. The summed E-state index contributed by atoms with van der Waals surface area (Å²) >= 11 is 0. The van der Waals surface area contributed by atoms with E-state index in [4.69, 9.17) is 0 Å². The smallest absolute Gasteiger partial charge is 0.230 e. The molecule has 2 aliphatic heterocycles. The van der Waals surface area contributed by atoms with Gasteiger partial charge in [0.2, 0.25) is 5.91 Å². The predicted octanol–water partition coefficient (Wildman–Crippen LogP) is 1.17. The van der Waals surface area contributed by atoms with E-state index in [2.05, 4.69) is 43.1 Å². The third-order valence-electron chi connectivity index (χ3n) is 4.93. The average molecular weight is 267 g/mol. The van der Waals surface area contributed by atoms with Gasteiger partial charge in [-0.05, 0) is 45.8 Å². The van der Waals surface area contributed by atoms with Crippen LogP contribution in [0.25, 0.3) is 0 Å². The Hall–Kier alpha value is -0.610. The van der Waals surface area contributed by atoms with Crippen molar-refractivity contribution in [2.45, 2.75) is 39.2 Å². The highest BCUT2D eigenvalue weighted by atomic mass is 16.2. The van der Waals surface area contributed by atoms with Crippen molar-refractivity contribution in [2.75, 3.05) is 40.3 Å². The molecule has 19 heavy (non-hydrogen) atoms. The first-order valence-corrected chi connectivity index (χ1v) is 7.64. The normalized spacial score (nSPS) is 31.7. The highest BCUT2D eigenvalue weighted by molar-refractivity contribution is 5.84. The van der Waals surface area contributed by atoms with Crippen LogP contribution in [0.15, 0.2) is 0 Å². The molecule has 4 nitrogen and oxygen atoms in total. The first kappa shape index (κ1) is 14.8. The lowest BCUT2D eigenvalue weighted by molar-refractivity contribution is -0.144. The minimum Gasteiger partial charge on any atom is -0.338 e. The Kier molecular flexibility index (Phi) is 4.51. The van der Waals surface area contributed by atoms with Crippen LogP contribution in [0, 0.1) is 11.3 Å². The molecule has 0 spiro atoms. The molecule has 4 heteroatoms. The van der Waals surface area contributed by atoms with E-state index in [1.807, 2.05) is 0 Å². The van der Waals surface area contributed by atoms with Crippen molar-refractivity contribution < 1.29 is 4.79 Å². The molecular formula is C15H29N3O. The second-order valence-electron chi connectivity index (χ2n) is 6.79. The van der Waals surface area contributed by atoms with Gasteiger partial charge in [-0.25, -0.2) is 0 Å². The molecule has 2 saturated heterocycles. The van der Waals surface area contributed by atoms with Crippen molar-refractivity contribution in [3.05, 3.63) is 0 Å². The number of nitrogens with one attached hydrogen (secondary N) is 1. The molecular weight excluding hydrogens is 238 g/mol. The second kappa shape index (κ2) is 5.80. The molecule has 110 valence electrons. The maximum Gasteiger partial charge on any atom is 0.230 e. The summed E-state index contributed by atoms with van der Waals surface area (Å²) < 4.78 is 0. The van der Waals surface area contributed by atoms with Gasteiger partial charge in [-0.15, -0.1) is 0 Å². The van der Waals surface area contributed by atoms with Gasteiger partial charge in [0.05, 0.1) is 5.41 Å². The molecule has 2 unspecified atom stereocenters. The second-order valence-corrected chi connectivity index (χ2v) is 6.79. The van der Waals surface area contributed by atoms with Gasteiger partial charge < -0.3 is 15.1 Å². The molecule has 0 saturated carbocycles. The maximum absolute atomic E-state index is 13.1. The van der Waals surface area contributed by atoms with Gasteiger partial charge in [-0.1, -0.05) is 13.8 Å². The van der Waals surface area contributed by atoms with E-state index in [1.165, 1.54) is 0 Å². The molecule has 0 bridgehead atoms. The van der Waals surface area contributed by atoms with Crippen molar-refractivity contribution >= 4 is 5.91 Å². The zero-order chi connectivity index (χ0) is 14.0. The van der Waals surface area contributed by atoms with Crippen LogP contribution in [0.2, 0.25) is 0 Å². The number of amides is 1. The molecule has 0 aromatic heterocycles. The van der Waals surface area contributed by atoms with Crippen molar-refractivity contribution in [1.29, 1.82) is 0 Å². The average Bonchev–Trinajstić information content (AvgIpc) is 2.95. The molecule has 2 fully saturated rings. The Balaban J connectivity index is 2.13. The lowest BCUT2D eigenvalue weighted by Crippen LogP contribution is -2.51. The van der Waals surface area contributed by atoms with E-state index in [1.54, 1.807) is 0 Å². The van der Waals surface area contributed by atoms with Gasteiger partial charge in [0, 0.05) is 25.7 Å². The van der Waals surface area contributed by atoms with Gasteiger partial charge >= 0.3 is 0 Å². The first-order valence-electron chi connectivity index (χ1n) is 7.64. The quantitative estimate of drug-likeness (QED) is 0.831. The fourth-order valence-electron chi connectivity index (χ4n) is 3.63. The minimum absolute atomic E-state index is 0.158. The van der Waals surface area contributed by atoms with E-state index >= 15 is 0 Å². The van der Waals surface area contributed by atoms with Crippen LogP contribution in [0.5, 0.6) is 0 Å². The Labute approximate surface area is 117 Å². The number of likely N-dealkylation sites (N-methyl/N-ethyl adjacent to an activating group) is 1. The third-order valence-corrected chi connectivity index (χ3v) is 4.93. The zero-order valence-corrected chi connectivity index (χ0v) is 12.9. The van der Waals surface area contributed by atoms with Crippen molar-refractivity contribution in [1.82, 2.24) is 15.1 Å². The fourth-order valence-corrected chi connectivity index (χ4v) is 3.63. The molecule has 0 aliphatic carbocycles.